The Kier molecular flexibility index (Phi) is 10.2. The molecule has 184 valence electrons. The van der Waals surface area contributed by atoms with Crippen LogP contribution in [0, 0.1) is 34.5 Å². The number of hydrogen-bond acceptors (Lipinski definition) is 8. The highest BCUT2D eigenvalue weighted by Gasteiger charge is 2.67. The summed E-state index contributed by atoms with van der Waals surface area (Å²) >= 11 is 0. The van der Waals surface area contributed by atoms with Crippen LogP contribution in [-0.2, 0) is 38.1 Å². The molecule has 1 unspecified atom stereocenters. The smallest absolute Gasteiger partial charge is 0.324 e. The number of carbonyl (C=O) groups excluding carboxylic acids is 4. The number of ether oxygens (including phenoxy) is 4. The van der Waals surface area contributed by atoms with Gasteiger partial charge in [-0.15, -0.1) is 0 Å². The van der Waals surface area contributed by atoms with Crippen molar-refractivity contribution in [3.05, 3.63) is 0 Å². The van der Waals surface area contributed by atoms with E-state index in [9.17, 15) is 19.2 Å². The van der Waals surface area contributed by atoms with Gasteiger partial charge in [0, 0.05) is 0 Å². The van der Waals surface area contributed by atoms with Gasteiger partial charge in [-0.05, 0) is 63.7 Å². The molecular formula is C24H40O8. The largest absolute Gasteiger partial charge is 0.465 e. The summed E-state index contributed by atoms with van der Waals surface area (Å²) in [7, 11) is 0. The molecule has 0 aromatic rings. The maximum atomic E-state index is 13.3. The number of rotatable bonds is 11. The lowest BCUT2D eigenvalue weighted by Crippen LogP contribution is -2.50. The average Bonchev–Trinajstić information content (AvgIpc) is 2.88. The highest BCUT2D eigenvalue weighted by molar-refractivity contribution is 6.01. The molecule has 0 aliphatic heterocycles. The summed E-state index contributed by atoms with van der Waals surface area (Å²) in [5.74, 6) is -5.07. The highest BCUT2D eigenvalue weighted by Crippen LogP contribution is 2.60. The number of esters is 4. The molecule has 1 rings (SSSR count). The van der Waals surface area contributed by atoms with Crippen molar-refractivity contribution in [1.29, 1.82) is 0 Å². The zero-order valence-corrected chi connectivity index (χ0v) is 20.8. The van der Waals surface area contributed by atoms with Crippen molar-refractivity contribution in [2.45, 2.75) is 68.2 Å². The van der Waals surface area contributed by atoms with Crippen LogP contribution < -0.4 is 0 Å². The molecule has 0 N–H and O–H groups in total. The molecule has 1 aliphatic carbocycles. The van der Waals surface area contributed by atoms with Gasteiger partial charge in [-0.3, -0.25) is 19.2 Å². The van der Waals surface area contributed by atoms with Crippen LogP contribution in [0.15, 0.2) is 0 Å². The van der Waals surface area contributed by atoms with E-state index in [4.69, 9.17) is 18.9 Å². The van der Waals surface area contributed by atoms with Crippen LogP contribution >= 0.6 is 0 Å². The summed E-state index contributed by atoms with van der Waals surface area (Å²) in [5, 5.41) is 0. The fraction of sp³-hybridized carbons (Fsp3) is 0.833. The monoisotopic (exact) mass is 456 g/mol. The lowest BCUT2D eigenvalue weighted by atomic mass is 9.66. The van der Waals surface area contributed by atoms with Crippen molar-refractivity contribution in [3.8, 4) is 0 Å². The molecule has 8 nitrogen and oxygen atoms in total. The molecule has 0 heterocycles. The van der Waals surface area contributed by atoms with Crippen LogP contribution in [0.3, 0.4) is 0 Å². The molecule has 0 aromatic carbocycles. The molecule has 0 saturated heterocycles. The summed E-state index contributed by atoms with van der Waals surface area (Å²) in [4.78, 5) is 51.8. The minimum Gasteiger partial charge on any atom is -0.465 e. The van der Waals surface area contributed by atoms with Gasteiger partial charge in [-0.2, -0.15) is 0 Å². The van der Waals surface area contributed by atoms with E-state index in [0.29, 0.717) is 6.42 Å². The SMILES string of the molecule is CCOC(=O)C(C(=O)OCC)C(C)C[C@H]1CC(C)(C)[C@H](C)C1(C(=O)OCC)C(=O)OCC. The summed E-state index contributed by atoms with van der Waals surface area (Å²) in [5.41, 5.74) is -1.88. The Bertz CT molecular complexity index is 647. The topological polar surface area (TPSA) is 105 Å². The molecule has 1 aliphatic rings. The van der Waals surface area contributed by atoms with Crippen LogP contribution in [0.4, 0.5) is 0 Å². The lowest BCUT2D eigenvalue weighted by Gasteiger charge is -2.37. The first-order chi connectivity index (χ1) is 14.9. The van der Waals surface area contributed by atoms with Crippen LogP contribution in [0.1, 0.15) is 68.2 Å². The van der Waals surface area contributed by atoms with E-state index in [1.807, 2.05) is 20.8 Å². The normalized spacial score (nSPS) is 22.2. The second kappa shape index (κ2) is 11.7. The quantitative estimate of drug-likeness (QED) is 0.264. The zero-order valence-electron chi connectivity index (χ0n) is 20.8. The Morgan fingerprint density at radius 3 is 1.59 bits per heavy atom. The highest BCUT2D eigenvalue weighted by atomic mass is 16.6. The average molecular weight is 457 g/mol. The van der Waals surface area contributed by atoms with Gasteiger partial charge < -0.3 is 18.9 Å². The minimum atomic E-state index is -1.52. The maximum absolute atomic E-state index is 13.3. The van der Waals surface area contributed by atoms with E-state index < -0.39 is 47.0 Å². The third kappa shape index (κ3) is 5.44. The molecule has 1 fully saturated rings. The first-order valence-corrected chi connectivity index (χ1v) is 11.6. The van der Waals surface area contributed by atoms with Gasteiger partial charge in [-0.1, -0.05) is 27.7 Å². The van der Waals surface area contributed by atoms with E-state index >= 15 is 0 Å². The Balaban J connectivity index is 3.45. The van der Waals surface area contributed by atoms with Gasteiger partial charge in [0.1, 0.15) is 0 Å². The van der Waals surface area contributed by atoms with Gasteiger partial charge in [0.15, 0.2) is 11.3 Å². The first-order valence-electron chi connectivity index (χ1n) is 11.6. The molecule has 3 atom stereocenters. The molecule has 0 aromatic heterocycles. The molecule has 8 heteroatoms. The maximum Gasteiger partial charge on any atom is 0.324 e. The Labute approximate surface area is 191 Å². The summed E-state index contributed by atoms with van der Waals surface area (Å²) in [6, 6.07) is 0. The molecule has 0 radical (unpaired) electrons. The van der Waals surface area contributed by atoms with E-state index in [1.54, 1.807) is 34.6 Å². The van der Waals surface area contributed by atoms with Crippen LogP contribution in [0.25, 0.3) is 0 Å². The molecule has 0 spiro atoms. The van der Waals surface area contributed by atoms with E-state index in [1.165, 1.54) is 0 Å². The number of hydrogen-bond donors (Lipinski definition) is 0. The molecule has 0 amide bonds. The molecule has 1 saturated carbocycles. The predicted molar refractivity (Wildman–Crippen MR) is 117 cm³/mol. The van der Waals surface area contributed by atoms with Gasteiger partial charge >= 0.3 is 23.9 Å². The van der Waals surface area contributed by atoms with Gasteiger partial charge in [0.2, 0.25) is 0 Å². The standard InChI is InChI=1S/C24H40O8/c1-9-29-19(25)18(20(26)30-10-2)15(5)13-17-14-23(7,8)16(6)24(17,21(27)31-11-3)22(28)32-12-4/h15-18H,9-14H2,1-8H3/t15?,16-,17-/m0/s1. The first kappa shape index (κ1) is 27.9. The van der Waals surface area contributed by atoms with E-state index in [-0.39, 0.29) is 44.2 Å². The van der Waals surface area contributed by atoms with Crippen molar-refractivity contribution < 1.29 is 38.1 Å². The fourth-order valence-corrected chi connectivity index (χ4v) is 5.09. The third-order valence-corrected chi connectivity index (χ3v) is 6.80. The van der Waals surface area contributed by atoms with Crippen LogP contribution in [0.5, 0.6) is 0 Å². The minimum absolute atomic E-state index is 0.129. The van der Waals surface area contributed by atoms with E-state index in [0.717, 1.165) is 0 Å². The van der Waals surface area contributed by atoms with E-state index in [2.05, 4.69) is 0 Å². The Morgan fingerprint density at radius 1 is 0.812 bits per heavy atom. The predicted octanol–water partition coefficient (Wildman–Crippen LogP) is 3.55. The zero-order chi connectivity index (χ0) is 24.7. The Hall–Kier alpha value is -2.12. The van der Waals surface area contributed by atoms with Crippen LogP contribution in [0.2, 0.25) is 0 Å². The number of carbonyl (C=O) groups is 4. The van der Waals surface area contributed by atoms with Gasteiger partial charge in [0.25, 0.3) is 0 Å². The molecular weight excluding hydrogens is 416 g/mol. The summed E-state index contributed by atoms with van der Waals surface area (Å²) in [6.45, 7) is 14.8. The van der Waals surface area contributed by atoms with Crippen molar-refractivity contribution >= 4 is 23.9 Å². The van der Waals surface area contributed by atoms with Crippen molar-refractivity contribution in [2.24, 2.45) is 34.5 Å². The molecule has 0 bridgehead atoms. The van der Waals surface area contributed by atoms with Crippen molar-refractivity contribution in [3.63, 3.8) is 0 Å². The Morgan fingerprint density at radius 2 is 1.22 bits per heavy atom. The lowest BCUT2D eigenvalue weighted by molar-refractivity contribution is -0.180. The van der Waals surface area contributed by atoms with Crippen molar-refractivity contribution in [1.82, 2.24) is 0 Å². The van der Waals surface area contributed by atoms with Crippen molar-refractivity contribution in [2.75, 3.05) is 26.4 Å². The third-order valence-electron chi connectivity index (χ3n) is 6.80. The van der Waals surface area contributed by atoms with Gasteiger partial charge in [-0.25, -0.2) is 0 Å². The summed E-state index contributed by atoms with van der Waals surface area (Å²) < 4.78 is 21.0. The van der Waals surface area contributed by atoms with Crippen LogP contribution in [-0.4, -0.2) is 50.3 Å². The second-order valence-corrected chi connectivity index (χ2v) is 9.12. The summed E-state index contributed by atoms with van der Waals surface area (Å²) in [6.07, 6.45) is 0.794. The molecule has 32 heavy (non-hydrogen) atoms. The second-order valence-electron chi connectivity index (χ2n) is 9.12. The fourth-order valence-electron chi connectivity index (χ4n) is 5.09. The van der Waals surface area contributed by atoms with Gasteiger partial charge in [0.05, 0.1) is 26.4 Å².